The second kappa shape index (κ2) is 6.06. The number of fused-ring (bicyclic) bond motifs is 1. The second-order valence-corrected chi connectivity index (χ2v) is 5.53. The molecule has 0 saturated heterocycles. The van der Waals surface area contributed by atoms with Gasteiger partial charge in [0.2, 0.25) is 0 Å². The summed E-state index contributed by atoms with van der Waals surface area (Å²) in [6.07, 6.45) is 2.88. The summed E-state index contributed by atoms with van der Waals surface area (Å²) in [4.78, 5) is 15.7. The Hall–Kier alpha value is -2.55. The van der Waals surface area contributed by atoms with Gasteiger partial charge in [-0.1, -0.05) is 37.3 Å². The maximum Gasteiger partial charge on any atom is 0.252 e. The van der Waals surface area contributed by atoms with Crippen LogP contribution in [0.15, 0.2) is 54.7 Å². The van der Waals surface area contributed by atoms with E-state index < -0.39 is 0 Å². The molecular formula is C19H20N2O. The second-order valence-electron chi connectivity index (χ2n) is 5.53. The first-order chi connectivity index (χ1) is 10.7. The molecule has 0 spiro atoms. The van der Waals surface area contributed by atoms with Crippen LogP contribution >= 0.6 is 0 Å². The van der Waals surface area contributed by atoms with E-state index in [0.29, 0.717) is 5.56 Å². The van der Waals surface area contributed by atoms with Crippen molar-refractivity contribution < 1.29 is 4.79 Å². The van der Waals surface area contributed by atoms with Crippen molar-refractivity contribution in [2.75, 3.05) is 0 Å². The third-order valence-electron chi connectivity index (χ3n) is 4.08. The minimum absolute atomic E-state index is 0.0207. The highest BCUT2D eigenvalue weighted by Gasteiger charge is 2.14. The summed E-state index contributed by atoms with van der Waals surface area (Å²) in [7, 11) is 0. The molecule has 1 unspecified atom stereocenters. The maximum absolute atomic E-state index is 12.5. The number of amides is 1. The van der Waals surface area contributed by atoms with Gasteiger partial charge in [-0.25, -0.2) is 0 Å². The summed E-state index contributed by atoms with van der Waals surface area (Å²) in [6, 6.07) is 16.0. The normalized spacial score (nSPS) is 12.3. The van der Waals surface area contributed by atoms with E-state index in [9.17, 15) is 4.79 Å². The molecule has 2 aromatic carbocycles. The lowest BCUT2D eigenvalue weighted by atomic mass is 10.0. The average molecular weight is 292 g/mol. The van der Waals surface area contributed by atoms with E-state index in [1.807, 2.05) is 37.4 Å². The third-order valence-corrected chi connectivity index (χ3v) is 4.08. The zero-order valence-electron chi connectivity index (χ0n) is 12.9. The number of aromatic nitrogens is 1. The number of hydrogen-bond donors (Lipinski definition) is 2. The van der Waals surface area contributed by atoms with Crippen molar-refractivity contribution in [3.63, 3.8) is 0 Å². The van der Waals surface area contributed by atoms with Crippen LogP contribution in [0.25, 0.3) is 10.9 Å². The first kappa shape index (κ1) is 14.4. The molecule has 3 aromatic rings. The van der Waals surface area contributed by atoms with Crippen LogP contribution in [-0.2, 0) is 6.42 Å². The summed E-state index contributed by atoms with van der Waals surface area (Å²) in [5, 5.41) is 4.03. The highest BCUT2D eigenvalue weighted by atomic mass is 16.1. The molecule has 0 fully saturated rings. The standard InChI is InChI=1S/C19H20N2O/c1-3-14-7-9-15(10-8-14)13(2)21-19(22)17-5-4-6-18-16(17)11-12-20-18/h4-13,20H,3H2,1-2H3,(H,21,22). The van der Waals surface area contributed by atoms with Gasteiger partial charge in [0.05, 0.1) is 6.04 Å². The largest absolute Gasteiger partial charge is 0.361 e. The minimum Gasteiger partial charge on any atom is -0.361 e. The Bertz CT molecular complexity index is 787. The predicted molar refractivity (Wildman–Crippen MR) is 90.0 cm³/mol. The van der Waals surface area contributed by atoms with Gasteiger partial charge in [0, 0.05) is 22.7 Å². The highest BCUT2D eigenvalue weighted by molar-refractivity contribution is 6.06. The molecule has 3 nitrogen and oxygen atoms in total. The highest BCUT2D eigenvalue weighted by Crippen LogP contribution is 2.19. The number of H-pyrrole nitrogens is 1. The molecule has 0 aliphatic rings. The van der Waals surface area contributed by atoms with E-state index in [4.69, 9.17) is 0 Å². The lowest BCUT2D eigenvalue weighted by Crippen LogP contribution is -2.26. The van der Waals surface area contributed by atoms with Crippen LogP contribution < -0.4 is 5.32 Å². The number of carbonyl (C=O) groups excluding carboxylic acids is 1. The molecule has 0 bridgehead atoms. The van der Waals surface area contributed by atoms with Crippen molar-refractivity contribution in [2.45, 2.75) is 26.3 Å². The Balaban J connectivity index is 1.79. The van der Waals surface area contributed by atoms with Crippen LogP contribution in [0, 0.1) is 0 Å². The molecule has 0 aliphatic heterocycles. The van der Waals surface area contributed by atoms with Gasteiger partial charge < -0.3 is 10.3 Å². The van der Waals surface area contributed by atoms with Crippen LogP contribution in [0.2, 0.25) is 0 Å². The van der Waals surface area contributed by atoms with Gasteiger partial charge in [0.25, 0.3) is 5.91 Å². The number of aromatic amines is 1. The quantitative estimate of drug-likeness (QED) is 0.743. The van der Waals surface area contributed by atoms with Crippen LogP contribution in [0.4, 0.5) is 0 Å². The fraction of sp³-hybridized carbons (Fsp3) is 0.211. The Morgan fingerprint density at radius 3 is 2.64 bits per heavy atom. The van der Waals surface area contributed by atoms with Crippen molar-refractivity contribution in [1.29, 1.82) is 0 Å². The first-order valence-corrected chi connectivity index (χ1v) is 7.65. The summed E-state index contributed by atoms with van der Waals surface area (Å²) in [6.45, 7) is 4.15. The van der Waals surface area contributed by atoms with Gasteiger partial charge in [-0.15, -0.1) is 0 Å². The number of benzene rings is 2. The van der Waals surface area contributed by atoms with E-state index in [0.717, 1.165) is 22.9 Å². The van der Waals surface area contributed by atoms with Crippen LogP contribution in [-0.4, -0.2) is 10.9 Å². The van der Waals surface area contributed by atoms with Gasteiger partial charge in [0.15, 0.2) is 0 Å². The Morgan fingerprint density at radius 2 is 1.91 bits per heavy atom. The van der Waals surface area contributed by atoms with E-state index in [2.05, 4.69) is 41.5 Å². The topological polar surface area (TPSA) is 44.9 Å². The lowest BCUT2D eigenvalue weighted by molar-refractivity contribution is 0.0941. The molecule has 3 rings (SSSR count). The average Bonchev–Trinajstić information content (AvgIpc) is 3.03. The van der Waals surface area contributed by atoms with Gasteiger partial charge in [-0.05, 0) is 42.7 Å². The minimum atomic E-state index is -0.0442. The van der Waals surface area contributed by atoms with Gasteiger partial charge in [0.1, 0.15) is 0 Å². The zero-order valence-corrected chi connectivity index (χ0v) is 12.9. The molecule has 1 atom stereocenters. The van der Waals surface area contributed by atoms with E-state index >= 15 is 0 Å². The van der Waals surface area contributed by atoms with E-state index in [1.165, 1.54) is 5.56 Å². The smallest absolute Gasteiger partial charge is 0.252 e. The number of nitrogens with one attached hydrogen (secondary N) is 2. The molecule has 22 heavy (non-hydrogen) atoms. The summed E-state index contributed by atoms with van der Waals surface area (Å²) in [5.74, 6) is -0.0442. The molecule has 0 aliphatic carbocycles. The maximum atomic E-state index is 12.5. The van der Waals surface area contributed by atoms with Crippen LogP contribution in [0.3, 0.4) is 0 Å². The van der Waals surface area contributed by atoms with Crippen molar-refractivity contribution >= 4 is 16.8 Å². The summed E-state index contributed by atoms with van der Waals surface area (Å²) < 4.78 is 0. The van der Waals surface area contributed by atoms with Crippen molar-refractivity contribution in [3.8, 4) is 0 Å². The number of aryl methyl sites for hydroxylation is 1. The fourth-order valence-electron chi connectivity index (χ4n) is 2.68. The van der Waals surface area contributed by atoms with Gasteiger partial charge in [-0.2, -0.15) is 0 Å². The third kappa shape index (κ3) is 2.75. The van der Waals surface area contributed by atoms with Gasteiger partial charge >= 0.3 is 0 Å². The van der Waals surface area contributed by atoms with Crippen molar-refractivity contribution in [1.82, 2.24) is 10.3 Å². The number of rotatable bonds is 4. The monoisotopic (exact) mass is 292 g/mol. The molecule has 0 saturated carbocycles. The molecule has 3 heteroatoms. The molecule has 1 amide bonds. The molecule has 1 heterocycles. The SMILES string of the molecule is CCc1ccc(C(C)NC(=O)c2cccc3[nH]ccc23)cc1. The summed E-state index contributed by atoms with van der Waals surface area (Å²) >= 11 is 0. The van der Waals surface area contributed by atoms with Gasteiger partial charge in [-0.3, -0.25) is 4.79 Å². The Labute approximate surface area is 130 Å². The molecule has 1 aromatic heterocycles. The molecule has 112 valence electrons. The number of hydrogen-bond acceptors (Lipinski definition) is 1. The number of carbonyl (C=O) groups is 1. The zero-order chi connectivity index (χ0) is 15.5. The predicted octanol–water partition coefficient (Wildman–Crippen LogP) is 4.22. The Kier molecular flexibility index (Phi) is 3.96. The fourth-order valence-corrected chi connectivity index (χ4v) is 2.68. The van der Waals surface area contributed by atoms with Crippen LogP contribution in [0.5, 0.6) is 0 Å². The summed E-state index contributed by atoms with van der Waals surface area (Å²) in [5.41, 5.74) is 4.11. The van der Waals surface area contributed by atoms with E-state index in [1.54, 1.807) is 0 Å². The first-order valence-electron chi connectivity index (χ1n) is 7.65. The van der Waals surface area contributed by atoms with Crippen molar-refractivity contribution in [2.24, 2.45) is 0 Å². The molecular weight excluding hydrogens is 272 g/mol. The Morgan fingerprint density at radius 1 is 1.14 bits per heavy atom. The molecule has 0 radical (unpaired) electrons. The van der Waals surface area contributed by atoms with Crippen molar-refractivity contribution in [3.05, 3.63) is 71.4 Å². The molecule has 2 N–H and O–H groups in total. The van der Waals surface area contributed by atoms with Crippen LogP contribution in [0.1, 0.15) is 41.4 Å². The van der Waals surface area contributed by atoms with E-state index in [-0.39, 0.29) is 11.9 Å². The lowest BCUT2D eigenvalue weighted by Gasteiger charge is -2.15.